The van der Waals surface area contributed by atoms with E-state index >= 15 is 0 Å². The highest BCUT2D eigenvalue weighted by molar-refractivity contribution is 5.66. The number of carboxylic acid groups (broad SMARTS) is 1. The van der Waals surface area contributed by atoms with Crippen LogP contribution in [0.2, 0.25) is 0 Å². The molecule has 0 aromatic carbocycles. The number of carbonyl (C=O) groups is 1. The SMILES string of the molecule is O=C(O)CCCCCCNc1ccc([N+](=O)[O-])nc1. The van der Waals surface area contributed by atoms with Gasteiger partial charge in [0.2, 0.25) is 0 Å². The average molecular weight is 267 g/mol. The predicted molar refractivity (Wildman–Crippen MR) is 70.1 cm³/mol. The van der Waals surface area contributed by atoms with E-state index < -0.39 is 10.9 Å². The summed E-state index contributed by atoms with van der Waals surface area (Å²) in [7, 11) is 0. The van der Waals surface area contributed by atoms with Crippen molar-refractivity contribution in [3.05, 3.63) is 28.4 Å². The number of hydrogen-bond acceptors (Lipinski definition) is 5. The summed E-state index contributed by atoms with van der Waals surface area (Å²) in [5, 5.41) is 22.0. The summed E-state index contributed by atoms with van der Waals surface area (Å²) in [4.78, 5) is 23.8. The Morgan fingerprint density at radius 2 is 2.05 bits per heavy atom. The Balaban J connectivity index is 2.12. The van der Waals surface area contributed by atoms with Crippen molar-refractivity contribution in [2.45, 2.75) is 32.1 Å². The van der Waals surface area contributed by atoms with Gasteiger partial charge < -0.3 is 20.5 Å². The third-order valence-corrected chi connectivity index (χ3v) is 2.58. The number of nitrogens with zero attached hydrogens (tertiary/aromatic N) is 2. The molecule has 7 heteroatoms. The minimum absolute atomic E-state index is 0.167. The summed E-state index contributed by atoms with van der Waals surface area (Å²) in [5.41, 5.74) is 0.746. The van der Waals surface area contributed by atoms with Crippen LogP contribution < -0.4 is 5.32 Å². The number of nitro groups is 1. The second-order valence-electron chi connectivity index (χ2n) is 4.15. The Hall–Kier alpha value is -2.18. The molecule has 0 bridgehead atoms. The van der Waals surface area contributed by atoms with Crippen LogP contribution in [0.4, 0.5) is 11.5 Å². The van der Waals surface area contributed by atoms with Crippen LogP contribution in [0.25, 0.3) is 0 Å². The van der Waals surface area contributed by atoms with Gasteiger partial charge in [0.15, 0.2) is 6.20 Å². The molecular weight excluding hydrogens is 250 g/mol. The second kappa shape index (κ2) is 8.02. The van der Waals surface area contributed by atoms with Crippen LogP contribution in [-0.2, 0) is 4.79 Å². The number of unbranched alkanes of at least 4 members (excludes halogenated alkanes) is 3. The molecular formula is C12H17N3O4. The molecule has 104 valence electrons. The van der Waals surface area contributed by atoms with E-state index in [2.05, 4.69) is 10.3 Å². The monoisotopic (exact) mass is 267 g/mol. The molecule has 0 radical (unpaired) electrons. The molecule has 0 fully saturated rings. The molecule has 1 heterocycles. The Morgan fingerprint density at radius 1 is 1.32 bits per heavy atom. The van der Waals surface area contributed by atoms with Crippen molar-refractivity contribution >= 4 is 17.5 Å². The van der Waals surface area contributed by atoms with Crippen LogP contribution in [0.15, 0.2) is 18.3 Å². The van der Waals surface area contributed by atoms with Crippen molar-refractivity contribution < 1.29 is 14.8 Å². The molecule has 1 aromatic rings. The van der Waals surface area contributed by atoms with Crippen molar-refractivity contribution in [1.29, 1.82) is 0 Å². The first-order valence-electron chi connectivity index (χ1n) is 6.15. The van der Waals surface area contributed by atoms with E-state index in [1.807, 2.05) is 0 Å². The van der Waals surface area contributed by atoms with Crippen molar-refractivity contribution in [2.75, 3.05) is 11.9 Å². The van der Waals surface area contributed by atoms with Crippen LogP contribution in [0, 0.1) is 10.1 Å². The quantitative estimate of drug-likeness (QED) is 0.404. The van der Waals surface area contributed by atoms with E-state index in [0.29, 0.717) is 6.42 Å². The minimum Gasteiger partial charge on any atom is -0.481 e. The number of nitrogens with one attached hydrogen (secondary N) is 1. The largest absolute Gasteiger partial charge is 0.481 e. The molecule has 7 nitrogen and oxygen atoms in total. The van der Waals surface area contributed by atoms with Gasteiger partial charge in [-0.2, -0.15) is 0 Å². The van der Waals surface area contributed by atoms with Gasteiger partial charge in [0, 0.05) is 19.0 Å². The van der Waals surface area contributed by atoms with Gasteiger partial charge >= 0.3 is 11.8 Å². The fourth-order valence-electron chi connectivity index (χ4n) is 1.59. The zero-order valence-corrected chi connectivity index (χ0v) is 10.5. The molecule has 0 atom stereocenters. The number of carboxylic acids is 1. The van der Waals surface area contributed by atoms with Crippen molar-refractivity contribution in [2.24, 2.45) is 0 Å². The normalized spacial score (nSPS) is 10.1. The number of hydrogen-bond donors (Lipinski definition) is 2. The summed E-state index contributed by atoms with van der Waals surface area (Å²) in [5.74, 6) is -0.922. The molecule has 0 saturated heterocycles. The number of aliphatic carboxylic acids is 1. The van der Waals surface area contributed by atoms with Crippen LogP contribution >= 0.6 is 0 Å². The highest BCUT2D eigenvalue weighted by Gasteiger charge is 2.05. The zero-order valence-electron chi connectivity index (χ0n) is 10.5. The van der Waals surface area contributed by atoms with Gasteiger partial charge in [-0.15, -0.1) is 0 Å². The Labute approximate surface area is 110 Å². The summed E-state index contributed by atoms with van der Waals surface area (Å²) in [6.07, 6.45) is 5.14. The van der Waals surface area contributed by atoms with Crippen LogP contribution in [0.5, 0.6) is 0 Å². The maximum absolute atomic E-state index is 10.4. The highest BCUT2D eigenvalue weighted by atomic mass is 16.6. The molecule has 0 amide bonds. The average Bonchev–Trinajstić information content (AvgIpc) is 2.38. The molecule has 2 N–H and O–H groups in total. The van der Waals surface area contributed by atoms with E-state index in [9.17, 15) is 14.9 Å². The van der Waals surface area contributed by atoms with Gasteiger partial charge in [0.1, 0.15) is 0 Å². The molecule has 19 heavy (non-hydrogen) atoms. The van der Waals surface area contributed by atoms with Crippen molar-refractivity contribution in [1.82, 2.24) is 4.98 Å². The lowest BCUT2D eigenvalue weighted by molar-refractivity contribution is -0.389. The Kier molecular flexibility index (Phi) is 6.28. The minimum atomic E-state index is -0.755. The van der Waals surface area contributed by atoms with E-state index in [0.717, 1.165) is 31.5 Å². The van der Waals surface area contributed by atoms with Gasteiger partial charge in [0.05, 0.1) is 5.69 Å². The molecule has 1 aromatic heterocycles. The maximum Gasteiger partial charge on any atom is 0.363 e. The highest BCUT2D eigenvalue weighted by Crippen LogP contribution is 2.11. The summed E-state index contributed by atoms with van der Waals surface area (Å²) in [6.45, 7) is 0.743. The van der Waals surface area contributed by atoms with Gasteiger partial charge in [-0.3, -0.25) is 4.79 Å². The number of rotatable bonds is 9. The van der Waals surface area contributed by atoms with E-state index in [1.165, 1.54) is 12.3 Å². The van der Waals surface area contributed by atoms with E-state index in [4.69, 9.17) is 5.11 Å². The maximum atomic E-state index is 10.4. The van der Waals surface area contributed by atoms with Gasteiger partial charge in [-0.05, 0) is 28.8 Å². The Bertz CT molecular complexity index is 419. The lowest BCUT2D eigenvalue weighted by Gasteiger charge is -2.04. The summed E-state index contributed by atoms with van der Waals surface area (Å²) in [6, 6.07) is 2.98. The summed E-state index contributed by atoms with van der Waals surface area (Å²) >= 11 is 0. The molecule has 0 aliphatic rings. The predicted octanol–water partition coefficient (Wildman–Crippen LogP) is 2.44. The fourth-order valence-corrected chi connectivity index (χ4v) is 1.59. The van der Waals surface area contributed by atoms with Crippen LogP contribution in [-0.4, -0.2) is 27.5 Å². The smallest absolute Gasteiger partial charge is 0.363 e. The lowest BCUT2D eigenvalue weighted by Crippen LogP contribution is -2.02. The number of pyridine rings is 1. The number of anilines is 1. The fraction of sp³-hybridized carbons (Fsp3) is 0.500. The third kappa shape index (κ3) is 6.35. The molecule has 0 unspecified atom stereocenters. The first kappa shape index (κ1) is 14.9. The van der Waals surface area contributed by atoms with E-state index in [1.54, 1.807) is 6.07 Å². The van der Waals surface area contributed by atoms with Crippen LogP contribution in [0.1, 0.15) is 32.1 Å². The molecule has 0 aliphatic heterocycles. The van der Waals surface area contributed by atoms with Crippen molar-refractivity contribution in [3.63, 3.8) is 0 Å². The van der Waals surface area contributed by atoms with Gasteiger partial charge in [-0.1, -0.05) is 12.8 Å². The first-order chi connectivity index (χ1) is 9.09. The Morgan fingerprint density at radius 3 is 2.63 bits per heavy atom. The summed E-state index contributed by atoms with van der Waals surface area (Å²) < 4.78 is 0. The van der Waals surface area contributed by atoms with Gasteiger partial charge in [-0.25, -0.2) is 0 Å². The van der Waals surface area contributed by atoms with Crippen molar-refractivity contribution in [3.8, 4) is 0 Å². The van der Waals surface area contributed by atoms with Crippen LogP contribution in [0.3, 0.4) is 0 Å². The lowest BCUT2D eigenvalue weighted by atomic mass is 10.1. The standard InChI is InChI=1S/C12H17N3O4/c16-12(17)5-3-1-2-4-8-13-10-6-7-11(14-9-10)15(18)19/h6-7,9,13H,1-5,8H2,(H,16,17). The first-order valence-corrected chi connectivity index (χ1v) is 6.15. The van der Waals surface area contributed by atoms with Gasteiger partial charge in [0.25, 0.3) is 0 Å². The zero-order chi connectivity index (χ0) is 14.1. The molecule has 0 saturated carbocycles. The molecule has 0 spiro atoms. The number of aromatic nitrogens is 1. The third-order valence-electron chi connectivity index (χ3n) is 2.58. The van der Waals surface area contributed by atoms with E-state index in [-0.39, 0.29) is 12.2 Å². The molecule has 1 rings (SSSR count). The second-order valence-corrected chi connectivity index (χ2v) is 4.15. The topological polar surface area (TPSA) is 105 Å². The molecule has 0 aliphatic carbocycles.